The Hall–Kier alpha value is -0.670. The lowest BCUT2D eigenvalue weighted by Crippen LogP contribution is -2.17. The van der Waals surface area contributed by atoms with Gasteiger partial charge in [-0.3, -0.25) is 0 Å². The van der Waals surface area contributed by atoms with E-state index in [1.165, 1.54) is 16.0 Å². The fourth-order valence-corrected chi connectivity index (χ4v) is 2.35. The fraction of sp³-hybridized carbons (Fsp3) is 0.500. The Morgan fingerprint density at radius 3 is 2.53 bits per heavy atom. The van der Waals surface area contributed by atoms with E-state index in [0.29, 0.717) is 0 Å². The standard InChI is InChI=1S/C12H19NOS/c1-8-6-12(15-7-10(3)13)9(2)5-11(8)14-4/h5-6,10H,7,13H2,1-4H3. The molecule has 0 saturated heterocycles. The topological polar surface area (TPSA) is 35.2 Å². The van der Waals surface area contributed by atoms with Crippen molar-refractivity contribution in [2.45, 2.75) is 31.7 Å². The molecule has 0 radical (unpaired) electrons. The summed E-state index contributed by atoms with van der Waals surface area (Å²) in [4.78, 5) is 1.30. The molecule has 0 fully saturated rings. The van der Waals surface area contributed by atoms with Crippen LogP contribution in [-0.4, -0.2) is 18.9 Å². The van der Waals surface area contributed by atoms with Crippen molar-refractivity contribution < 1.29 is 4.74 Å². The highest BCUT2D eigenvalue weighted by Gasteiger charge is 2.06. The molecule has 1 rings (SSSR count). The van der Waals surface area contributed by atoms with Crippen LogP contribution >= 0.6 is 11.8 Å². The van der Waals surface area contributed by atoms with Crippen molar-refractivity contribution in [2.24, 2.45) is 5.73 Å². The summed E-state index contributed by atoms with van der Waals surface area (Å²) in [6.07, 6.45) is 0. The van der Waals surface area contributed by atoms with Gasteiger partial charge in [-0.25, -0.2) is 0 Å². The highest BCUT2D eigenvalue weighted by atomic mass is 32.2. The van der Waals surface area contributed by atoms with Crippen LogP contribution in [0.1, 0.15) is 18.1 Å². The molecule has 0 amide bonds. The maximum Gasteiger partial charge on any atom is 0.122 e. The Bertz CT molecular complexity index is 337. The number of methoxy groups -OCH3 is 1. The van der Waals surface area contributed by atoms with Gasteiger partial charge in [0.1, 0.15) is 5.75 Å². The molecule has 0 bridgehead atoms. The van der Waals surface area contributed by atoms with Gasteiger partial charge in [0.05, 0.1) is 7.11 Å². The van der Waals surface area contributed by atoms with Gasteiger partial charge < -0.3 is 10.5 Å². The number of benzene rings is 1. The average molecular weight is 225 g/mol. The van der Waals surface area contributed by atoms with Crippen LogP contribution < -0.4 is 10.5 Å². The van der Waals surface area contributed by atoms with E-state index in [0.717, 1.165) is 11.5 Å². The lowest BCUT2D eigenvalue weighted by molar-refractivity contribution is 0.411. The van der Waals surface area contributed by atoms with Crippen molar-refractivity contribution in [3.63, 3.8) is 0 Å². The molecule has 1 aromatic carbocycles. The van der Waals surface area contributed by atoms with E-state index in [1.807, 2.05) is 18.7 Å². The van der Waals surface area contributed by atoms with E-state index in [-0.39, 0.29) is 6.04 Å². The number of aryl methyl sites for hydroxylation is 2. The number of ether oxygens (including phenoxy) is 1. The third kappa shape index (κ3) is 3.43. The molecule has 0 aromatic heterocycles. The van der Waals surface area contributed by atoms with Crippen LogP contribution in [0, 0.1) is 13.8 Å². The number of thioether (sulfide) groups is 1. The Labute approximate surface area is 96.2 Å². The molecule has 2 N–H and O–H groups in total. The van der Waals surface area contributed by atoms with Gasteiger partial charge in [-0.15, -0.1) is 11.8 Å². The van der Waals surface area contributed by atoms with Gasteiger partial charge in [0.2, 0.25) is 0 Å². The summed E-state index contributed by atoms with van der Waals surface area (Å²) in [5, 5.41) is 0. The zero-order valence-corrected chi connectivity index (χ0v) is 10.6. The Balaban J connectivity index is 2.85. The fourth-order valence-electron chi connectivity index (χ4n) is 1.36. The van der Waals surface area contributed by atoms with E-state index < -0.39 is 0 Å². The molecule has 1 unspecified atom stereocenters. The molecule has 0 spiro atoms. The largest absolute Gasteiger partial charge is 0.496 e. The minimum atomic E-state index is 0.233. The predicted octanol–water partition coefficient (Wildman–Crippen LogP) is 2.75. The molecule has 0 saturated carbocycles. The van der Waals surface area contributed by atoms with Gasteiger partial charge in [0.25, 0.3) is 0 Å². The van der Waals surface area contributed by atoms with Gasteiger partial charge in [-0.2, -0.15) is 0 Å². The van der Waals surface area contributed by atoms with E-state index >= 15 is 0 Å². The number of hydrogen-bond acceptors (Lipinski definition) is 3. The minimum Gasteiger partial charge on any atom is -0.496 e. The van der Waals surface area contributed by atoms with E-state index in [9.17, 15) is 0 Å². The van der Waals surface area contributed by atoms with Crippen LogP contribution in [0.4, 0.5) is 0 Å². The van der Waals surface area contributed by atoms with Gasteiger partial charge in [0, 0.05) is 16.7 Å². The molecule has 0 aliphatic carbocycles. The summed E-state index contributed by atoms with van der Waals surface area (Å²) < 4.78 is 5.27. The number of rotatable bonds is 4. The third-order valence-electron chi connectivity index (χ3n) is 2.19. The lowest BCUT2D eigenvalue weighted by atomic mass is 10.1. The first kappa shape index (κ1) is 12.4. The maximum absolute atomic E-state index is 5.74. The van der Waals surface area contributed by atoms with Gasteiger partial charge in [-0.1, -0.05) is 0 Å². The van der Waals surface area contributed by atoms with Crippen LogP contribution in [0.3, 0.4) is 0 Å². The van der Waals surface area contributed by atoms with Crippen LogP contribution in [0.25, 0.3) is 0 Å². The Morgan fingerprint density at radius 1 is 1.33 bits per heavy atom. The monoisotopic (exact) mass is 225 g/mol. The summed E-state index contributed by atoms with van der Waals surface area (Å²) in [5.41, 5.74) is 8.17. The third-order valence-corrected chi connectivity index (χ3v) is 3.64. The van der Waals surface area contributed by atoms with Crippen LogP contribution in [0.15, 0.2) is 17.0 Å². The summed E-state index contributed by atoms with van der Waals surface area (Å²) >= 11 is 1.81. The summed E-state index contributed by atoms with van der Waals surface area (Å²) in [6, 6.07) is 4.48. The molecule has 1 aromatic rings. The Morgan fingerprint density at radius 2 is 2.00 bits per heavy atom. The SMILES string of the molecule is COc1cc(C)c(SCC(C)N)cc1C. The van der Waals surface area contributed by atoms with Crippen molar-refractivity contribution in [3.8, 4) is 5.75 Å². The quantitative estimate of drug-likeness (QED) is 0.800. The highest BCUT2D eigenvalue weighted by molar-refractivity contribution is 7.99. The van der Waals surface area contributed by atoms with E-state index in [2.05, 4.69) is 26.0 Å². The molecule has 84 valence electrons. The molecule has 0 aliphatic rings. The first-order chi connectivity index (χ1) is 7.04. The van der Waals surface area contributed by atoms with Gasteiger partial charge >= 0.3 is 0 Å². The second-order valence-corrected chi connectivity index (χ2v) is 4.94. The van der Waals surface area contributed by atoms with Gasteiger partial charge in [0.15, 0.2) is 0 Å². The molecule has 1 atom stereocenters. The Kier molecular flexibility index (Phi) is 4.48. The number of nitrogens with two attached hydrogens (primary N) is 1. The first-order valence-corrected chi connectivity index (χ1v) is 6.06. The van der Waals surface area contributed by atoms with Crippen molar-refractivity contribution in [3.05, 3.63) is 23.3 Å². The highest BCUT2D eigenvalue weighted by Crippen LogP contribution is 2.29. The molecule has 0 aliphatic heterocycles. The van der Waals surface area contributed by atoms with E-state index in [4.69, 9.17) is 10.5 Å². The van der Waals surface area contributed by atoms with Crippen molar-refractivity contribution in [1.82, 2.24) is 0 Å². The summed E-state index contributed by atoms with van der Waals surface area (Å²) in [6.45, 7) is 6.19. The van der Waals surface area contributed by atoms with Crippen molar-refractivity contribution in [2.75, 3.05) is 12.9 Å². The predicted molar refractivity (Wildman–Crippen MR) is 66.8 cm³/mol. The van der Waals surface area contributed by atoms with Crippen LogP contribution in [0.5, 0.6) is 5.75 Å². The zero-order chi connectivity index (χ0) is 11.4. The van der Waals surface area contributed by atoms with Crippen molar-refractivity contribution in [1.29, 1.82) is 0 Å². The normalized spacial score (nSPS) is 12.6. The minimum absolute atomic E-state index is 0.233. The summed E-state index contributed by atoms with van der Waals surface area (Å²) in [7, 11) is 1.70. The van der Waals surface area contributed by atoms with Crippen LogP contribution in [-0.2, 0) is 0 Å². The zero-order valence-electron chi connectivity index (χ0n) is 9.83. The molecular formula is C12H19NOS. The second kappa shape index (κ2) is 5.42. The maximum atomic E-state index is 5.74. The average Bonchev–Trinajstić information content (AvgIpc) is 2.18. The number of hydrogen-bond donors (Lipinski definition) is 1. The molecule has 15 heavy (non-hydrogen) atoms. The summed E-state index contributed by atoms with van der Waals surface area (Å²) in [5.74, 6) is 1.91. The van der Waals surface area contributed by atoms with Crippen molar-refractivity contribution >= 4 is 11.8 Å². The van der Waals surface area contributed by atoms with Gasteiger partial charge in [-0.05, 0) is 44.0 Å². The smallest absolute Gasteiger partial charge is 0.122 e. The molecular weight excluding hydrogens is 206 g/mol. The molecule has 3 heteroatoms. The second-order valence-electron chi connectivity index (χ2n) is 3.88. The lowest BCUT2D eigenvalue weighted by Gasteiger charge is -2.11. The molecule has 2 nitrogen and oxygen atoms in total. The van der Waals surface area contributed by atoms with E-state index in [1.54, 1.807) is 7.11 Å². The van der Waals surface area contributed by atoms with Crippen LogP contribution in [0.2, 0.25) is 0 Å². The molecule has 0 heterocycles. The first-order valence-electron chi connectivity index (χ1n) is 5.08.